The van der Waals surface area contributed by atoms with Gasteiger partial charge in [-0.1, -0.05) is 0 Å². The lowest BCUT2D eigenvalue weighted by Gasteiger charge is -2.38. The molecule has 7 nitrogen and oxygen atoms in total. The summed E-state index contributed by atoms with van der Waals surface area (Å²) in [6.07, 6.45) is 1.48. The normalized spacial score (nSPS) is 15.0. The molecule has 168 valence electrons. The molecule has 2 aromatic rings. The van der Waals surface area contributed by atoms with Crippen molar-refractivity contribution in [2.45, 2.75) is 25.4 Å². The molecule has 0 aliphatic carbocycles. The topological polar surface area (TPSA) is 71.5 Å². The average Bonchev–Trinajstić information content (AvgIpc) is 2.77. The predicted octanol–water partition coefficient (Wildman–Crippen LogP) is 3.19. The standard InChI is InChI=1S/C23H29FN2O5/c1-29-15-23(28)26(17-6-4-16(24)5-7-17)18-8-10-25(11-9-18)14-20-21(27)12-19(30-2)13-22(20)31-3/h4-7,12-13,18,27H,8-11,14-15H2,1-3H3. The van der Waals surface area contributed by atoms with Crippen LogP contribution in [0.4, 0.5) is 10.1 Å². The van der Waals surface area contributed by atoms with Crippen LogP contribution in [-0.4, -0.2) is 63.0 Å². The Bertz CT molecular complexity index is 882. The molecule has 0 aromatic heterocycles. The molecule has 8 heteroatoms. The Balaban J connectivity index is 1.71. The van der Waals surface area contributed by atoms with Crippen molar-refractivity contribution in [2.24, 2.45) is 0 Å². The van der Waals surface area contributed by atoms with E-state index in [2.05, 4.69) is 4.90 Å². The van der Waals surface area contributed by atoms with Gasteiger partial charge in [0, 0.05) is 50.6 Å². The summed E-state index contributed by atoms with van der Waals surface area (Å²) in [7, 11) is 4.58. The smallest absolute Gasteiger partial charge is 0.253 e. The molecule has 1 fully saturated rings. The van der Waals surface area contributed by atoms with Gasteiger partial charge in [0.05, 0.1) is 19.8 Å². The second-order valence-corrected chi connectivity index (χ2v) is 7.51. The maximum absolute atomic E-state index is 13.4. The van der Waals surface area contributed by atoms with Gasteiger partial charge in [-0.05, 0) is 37.1 Å². The molecule has 1 N–H and O–H groups in total. The largest absolute Gasteiger partial charge is 0.507 e. The van der Waals surface area contributed by atoms with Crippen molar-refractivity contribution in [2.75, 3.05) is 45.9 Å². The van der Waals surface area contributed by atoms with Gasteiger partial charge in [-0.3, -0.25) is 9.69 Å². The van der Waals surface area contributed by atoms with E-state index >= 15 is 0 Å². The Kier molecular flexibility index (Phi) is 7.70. The number of methoxy groups -OCH3 is 3. The first-order valence-electron chi connectivity index (χ1n) is 10.2. The summed E-state index contributed by atoms with van der Waals surface area (Å²) < 4.78 is 29.0. The third-order valence-corrected chi connectivity index (χ3v) is 5.56. The molecule has 1 aliphatic rings. The number of phenolic OH excluding ortho intramolecular Hbond substituents is 1. The molecule has 1 heterocycles. The average molecular weight is 432 g/mol. The zero-order chi connectivity index (χ0) is 22.4. The highest BCUT2D eigenvalue weighted by Crippen LogP contribution is 2.35. The van der Waals surface area contributed by atoms with Gasteiger partial charge in [-0.15, -0.1) is 0 Å². The molecular formula is C23H29FN2O5. The quantitative estimate of drug-likeness (QED) is 0.691. The summed E-state index contributed by atoms with van der Waals surface area (Å²) in [5.41, 5.74) is 1.36. The van der Waals surface area contributed by atoms with E-state index in [1.807, 2.05) is 0 Å². The molecule has 1 saturated heterocycles. The number of likely N-dealkylation sites (tertiary alicyclic amines) is 1. The van der Waals surface area contributed by atoms with Crippen LogP contribution in [0.25, 0.3) is 0 Å². The molecule has 0 bridgehead atoms. The summed E-state index contributed by atoms with van der Waals surface area (Å²) in [6.45, 7) is 1.96. The first-order valence-corrected chi connectivity index (χ1v) is 10.2. The van der Waals surface area contributed by atoms with E-state index in [1.165, 1.54) is 26.4 Å². The van der Waals surface area contributed by atoms with E-state index in [0.717, 1.165) is 25.9 Å². The number of phenols is 1. The summed E-state index contributed by atoms with van der Waals surface area (Å²) in [5, 5.41) is 10.4. The lowest BCUT2D eigenvalue weighted by molar-refractivity contribution is -0.122. The number of benzene rings is 2. The fourth-order valence-electron chi connectivity index (χ4n) is 3.98. The summed E-state index contributed by atoms with van der Waals surface area (Å²) in [5.74, 6) is 0.736. The molecule has 0 radical (unpaired) electrons. The van der Waals surface area contributed by atoms with Crippen LogP contribution < -0.4 is 14.4 Å². The van der Waals surface area contributed by atoms with E-state index < -0.39 is 0 Å². The number of aromatic hydroxyl groups is 1. The Morgan fingerprint density at radius 2 is 1.81 bits per heavy atom. The van der Waals surface area contributed by atoms with Gasteiger partial charge in [0.15, 0.2) is 0 Å². The molecule has 1 amide bonds. The highest BCUT2D eigenvalue weighted by atomic mass is 19.1. The number of piperidine rings is 1. The zero-order valence-corrected chi connectivity index (χ0v) is 18.1. The van der Waals surface area contributed by atoms with Crippen LogP contribution in [0.2, 0.25) is 0 Å². The van der Waals surface area contributed by atoms with Crippen LogP contribution in [0, 0.1) is 5.82 Å². The van der Waals surface area contributed by atoms with Crippen molar-refractivity contribution in [3.8, 4) is 17.2 Å². The van der Waals surface area contributed by atoms with Crippen LogP contribution in [0.1, 0.15) is 18.4 Å². The maximum Gasteiger partial charge on any atom is 0.253 e. The van der Waals surface area contributed by atoms with E-state index in [-0.39, 0.29) is 30.1 Å². The number of amides is 1. The second-order valence-electron chi connectivity index (χ2n) is 7.51. The molecule has 3 rings (SSSR count). The number of anilines is 1. The number of hydrogen-bond acceptors (Lipinski definition) is 6. The molecule has 2 aromatic carbocycles. The van der Waals surface area contributed by atoms with Gasteiger partial charge >= 0.3 is 0 Å². The van der Waals surface area contributed by atoms with E-state index in [4.69, 9.17) is 14.2 Å². The van der Waals surface area contributed by atoms with Gasteiger partial charge in [0.25, 0.3) is 5.91 Å². The third-order valence-electron chi connectivity index (χ3n) is 5.56. The summed E-state index contributed by atoms with van der Waals surface area (Å²) >= 11 is 0. The lowest BCUT2D eigenvalue weighted by Crippen LogP contribution is -2.48. The first-order chi connectivity index (χ1) is 15.0. The highest BCUT2D eigenvalue weighted by Gasteiger charge is 2.30. The Morgan fingerprint density at radius 1 is 1.13 bits per heavy atom. The molecule has 31 heavy (non-hydrogen) atoms. The fraction of sp³-hybridized carbons (Fsp3) is 0.435. The van der Waals surface area contributed by atoms with Crippen molar-refractivity contribution in [1.29, 1.82) is 0 Å². The van der Waals surface area contributed by atoms with Crippen molar-refractivity contribution < 1.29 is 28.5 Å². The van der Waals surface area contributed by atoms with Crippen molar-refractivity contribution in [3.63, 3.8) is 0 Å². The van der Waals surface area contributed by atoms with Crippen molar-refractivity contribution >= 4 is 11.6 Å². The van der Waals surface area contributed by atoms with Gasteiger partial charge in [-0.2, -0.15) is 0 Å². The number of halogens is 1. The Labute approximate surface area is 181 Å². The monoisotopic (exact) mass is 432 g/mol. The van der Waals surface area contributed by atoms with Crippen LogP contribution in [0.5, 0.6) is 17.2 Å². The van der Waals surface area contributed by atoms with Gasteiger partial charge in [-0.25, -0.2) is 4.39 Å². The van der Waals surface area contributed by atoms with E-state index in [1.54, 1.807) is 36.3 Å². The SMILES string of the molecule is COCC(=O)N(c1ccc(F)cc1)C1CCN(Cc2c(O)cc(OC)cc2OC)CC1. The Morgan fingerprint density at radius 3 is 2.39 bits per heavy atom. The molecular weight excluding hydrogens is 403 g/mol. The molecule has 0 spiro atoms. The number of carbonyl (C=O) groups is 1. The minimum atomic E-state index is -0.342. The third kappa shape index (κ3) is 5.45. The van der Waals surface area contributed by atoms with Crippen LogP contribution >= 0.6 is 0 Å². The number of ether oxygens (including phenoxy) is 3. The number of hydrogen-bond donors (Lipinski definition) is 1. The van der Waals surface area contributed by atoms with Crippen LogP contribution in [0.15, 0.2) is 36.4 Å². The van der Waals surface area contributed by atoms with Gasteiger partial charge < -0.3 is 24.2 Å². The minimum absolute atomic E-state index is 0.0179. The minimum Gasteiger partial charge on any atom is -0.507 e. The summed E-state index contributed by atoms with van der Waals surface area (Å²) in [4.78, 5) is 16.6. The maximum atomic E-state index is 13.4. The van der Waals surface area contributed by atoms with Gasteiger partial charge in [0.2, 0.25) is 0 Å². The molecule has 0 atom stereocenters. The van der Waals surface area contributed by atoms with Crippen LogP contribution in [0.3, 0.4) is 0 Å². The van der Waals surface area contributed by atoms with E-state index in [0.29, 0.717) is 29.3 Å². The predicted molar refractivity (Wildman–Crippen MR) is 115 cm³/mol. The molecule has 0 saturated carbocycles. The van der Waals surface area contributed by atoms with Crippen molar-refractivity contribution in [3.05, 3.63) is 47.8 Å². The summed E-state index contributed by atoms with van der Waals surface area (Å²) in [6, 6.07) is 9.26. The Hall–Kier alpha value is -2.84. The number of rotatable bonds is 8. The van der Waals surface area contributed by atoms with Crippen molar-refractivity contribution in [1.82, 2.24) is 4.90 Å². The molecule has 1 aliphatic heterocycles. The number of carbonyl (C=O) groups excluding carboxylic acids is 1. The number of nitrogens with zero attached hydrogens (tertiary/aromatic N) is 2. The first kappa shape index (κ1) is 22.8. The lowest BCUT2D eigenvalue weighted by atomic mass is 10.0. The van der Waals surface area contributed by atoms with E-state index in [9.17, 15) is 14.3 Å². The fourth-order valence-corrected chi connectivity index (χ4v) is 3.98. The van der Waals surface area contributed by atoms with Crippen LogP contribution in [-0.2, 0) is 16.1 Å². The highest BCUT2D eigenvalue weighted by molar-refractivity contribution is 5.94. The van der Waals surface area contributed by atoms with Gasteiger partial charge in [0.1, 0.15) is 29.7 Å². The molecule has 0 unspecified atom stereocenters. The second kappa shape index (κ2) is 10.5. The zero-order valence-electron chi connectivity index (χ0n) is 18.1.